The van der Waals surface area contributed by atoms with Crippen LogP contribution in [-0.4, -0.2) is 64.9 Å². The van der Waals surface area contributed by atoms with Crippen molar-refractivity contribution in [3.63, 3.8) is 0 Å². The number of unbranched alkanes of at least 4 members (excludes halogenated alkanes) is 11. The number of phosphoric ester groups is 1. The van der Waals surface area contributed by atoms with Gasteiger partial charge in [0.15, 0.2) is 6.04 Å². The van der Waals surface area contributed by atoms with Gasteiger partial charge in [0, 0.05) is 12.8 Å². The second kappa shape index (κ2) is 40.4. The van der Waals surface area contributed by atoms with Crippen LogP contribution in [0.4, 0.5) is 0 Å². The predicted octanol–water partition coefficient (Wildman–Crippen LogP) is 11.1. The number of carbonyl (C=O) groups excluding carboxylic acids is 2. The van der Waals surface area contributed by atoms with Crippen LogP contribution in [0.2, 0.25) is 0 Å². The summed E-state index contributed by atoms with van der Waals surface area (Å²) in [4.78, 5) is 45.9. The van der Waals surface area contributed by atoms with E-state index < -0.39 is 57.6 Å². The van der Waals surface area contributed by atoms with Gasteiger partial charge in [-0.15, -0.1) is 0 Å². The highest BCUT2D eigenvalue weighted by Crippen LogP contribution is 2.43. The lowest BCUT2D eigenvalue weighted by atomic mass is 10.1. The summed E-state index contributed by atoms with van der Waals surface area (Å²) in [5, 5.41) is 21.8. The number of hydrogen-bond acceptors (Lipinski definition) is 8. The van der Waals surface area contributed by atoms with Crippen molar-refractivity contribution in [1.82, 2.24) is 5.32 Å². The number of ether oxygens (including phenoxy) is 1. The first-order chi connectivity index (χ1) is 28.1. The van der Waals surface area contributed by atoms with E-state index in [0.717, 1.165) is 89.9 Å². The van der Waals surface area contributed by atoms with Crippen LogP contribution in [0.3, 0.4) is 0 Å². The van der Waals surface area contributed by atoms with Gasteiger partial charge in [0.1, 0.15) is 12.7 Å². The molecule has 0 aliphatic carbocycles. The van der Waals surface area contributed by atoms with Gasteiger partial charge in [-0.25, -0.2) is 9.36 Å². The molecule has 0 saturated carbocycles. The van der Waals surface area contributed by atoms with Gasteiger partial charge in [-0.3, -0.25) is 18.6 Å². The Kier molecular flexibility index (Phi) is 38.1. The first-order valence-electron chi connectivity index (χ1n) is 21.6. The number of carboxylic acid groups (broad SMARTS) is 1. The number of carbonyl (C=O) groups is 3. The third-order valence-corrected chi connectivity index (χ3v) is 9.62. The number of aliphatic carboxylic acids is 1. The van der Waals surface area contributed by atoms with Gasteiger partial charge in [-0.1, -0.05) is 137 Å². The van der Waals surface area contributed by atoms with Crippen molar-refractivity contribution in [2.75, 3.05) is 19.8 Å². The van der Waals surface area contributed by atoms with Crippen molar-refractivity contribution < 1.29 is 47.8 Å². The number of allylic oxidation sites excluding steroid dienone is 14. The van der Waals surface area contributed by atoms with Crippen LogP contribution in [-0.2, 0) is 32.7 Å². The summed E-state index contributed by atoms with van der Waals surface area (Å²) in [5.74, 6) is -2.45. The number of hydrogen-bond donors (Lipinski definition) is 4. The summed E-state index contributed by atoms with van der Waals surface area (Å²) in [6, 6.07) is -1.56. The van der Waals surface area contributed by atoms with Crippen LogP contribution in [0.1, 0.15) is 155 Å². The first-order valence-corrected chi connectivity index (χ1v) is 23.1. The van der Waals surface area contributed by atoms with Crippen molar-refractivity contribution in [1.29, 1.82) is 0 Å². The molecule has 58 heavy (non-hydrogen) atoms. The van der Waals surface area contributed by atoms with E-state index in [1.54, 1.807) is 0 Å². The molecule has 4 N–H and O–H groups in total. The van der Waals surface area contributed by atoms with Crippen molar-refractivity contribution in [2.24, 2.45) is 0 Å². The molecule has 11 nitrogen and oxygen atoms in total. The van der Waals surface area contributed by atoms with Crippen LogP contribution in [0.25, 0.3) is 0 Å². The molecular formula is C46H76NO10P. The monoisotopic (exact) mass is 834 g/mol. The standard InChI is InChI=1S/C46H76NO10P/c1-3-5-7-9-11-13-15-17-19-20-21-22-24-25-27-29-31-33-35-37-44(49)47-43(46(51)52)41-57-58(53,54)56-40-42(48)39-55-45(50)38-36-34-32-30-28-26-23-18-16-14-12-10-8-6-4-2/h6,8,11-14,17-19,21-23,28,30,42-43,48H,3-5,7,9-10,15-16,20,24-27,29,31-41H2,1-2H3,(H,47,49)(H,51,52)(H,53,54)/b8-6-,13-11-,14-12-,19-17-,22-21-,23-18-,30-28-. The highest BCUT2D eigenvalue weighted by atomic mass is 31.2. The van der Waals surface area contributed by atoms with Crippen molar-refractivity contribution in [3.05, 3.63) is 85.1 Å². The lowest BCUT2D eigenvalue weighted by Crippen LogP contribution is -2.43. The molecule has 0 radical (unpaired) electrons. The fourth-order valence-electron chi connectivity index (χ4n) is 5.31. The van der Waals surface area contributed by atoms with Crippen LogP contribution in [0, 0.1) is 0 Å². The Morgan fingerprint density at radius 2 is 1.00 bits per heavy atom. The van der Waals surface area contributed by atoms with Crippen LogP contribution >= 0.6 is 7.82 Å². The zero-order valence-electron chi connectivity index (χ0n) is 35.6. The van der Waals surface area contributed by atoms with Gasteiger partial charge in [0.25, 0.3) is 0 Å². The third-order valence-electron chi connectivity index (χ3n) is 8.67. The Morgan fingerprint density at radius 1 is 0.569 bits per heavy atom. The number of aliphatic hydroxyl groups excluding tert-OH is 1. The van der Waals surface area contributed by atoms with E-state index in [-0.39, 0.29) is 12.8 Å². The van der Waals surface area contributed by atoms with E-state index >= 15 is 0 Å². The van der Waals surface area contributed by atoms with E-state index in [9.17, 15) is 34.1 Å². The summed E-state index contributed by atoms with van der Waals surface area (Å²) >= 11 is 0. The van der Waals surface area contributed by atoms with Crippen molar-refractivity contribution in [2.45, 2.75) is 167 Å². The topological polar surface area (TPSA) is 169 Å². The Labute approximate surface area is 350 Å². The average Bonchev–Trinajstić information content (AvgIpc) is 3.20. The van der Waals surface area contributed by atoms with Crippen LogP contribution in [0.5, 0.6) is 0 Å². The fraction of sp³-hybridized carbons (Fsp3) is 0.630. The summed E-state index contributed by atoms with van der Waals surface area (Å²) < 4.78 is 26.8. The Balaban J connectivity index is 4.00. The molecule has 12 heteroatoms. The van der Waals surface area contributed by atoms with Gasteiger partial charge in [0.05, 0.1) is 13.2 Å². The maximum absolute atomic E-state index is 12.3. The fourth-order valence-corrected chi connectivity index (χ4v) is 6.08. The number of phosphoric acid groups is 1. The molecule has 0 aromatic rings. The molecule has 0 aliphatic rings. The first kappa shape index (κ1) is 54.7. The summed E-state index contributed by atoms with van der Waals surface area (Å²) in [5.41, 5.74) is 0. The SMILES string of the molecule is CC/C=C\C/C=C\C/C=C\C/C=C\CCCCC(=O)OCC(O)COP(=O)(O)OCC(NC(=O)CCCCCCCC/C=C\C/C=C\C/C=C\CCCCC)C(=O)O. The lowest BCUT2D eigenvalue weighted by molar-refractivity contribution is -0.147. The highest BCUT2D eigenvalue weighted by molar-refractivity contribution is 7.47. The minimum absolute atomic E-state index is 0.123. The maximum Gasteiger partial charge on any atom is 0.472 e. The predicted molar refractivity (Wildman–Crippen MR) is 235 cm³/mol. The summed E-state index contributed by atoms with van der Waals surface area (Å²) in [7, 11) is -4.77. The minimum atomic E-state index is -4.77. The summed E-state index contributed by atoms with van der Waals surface area (Å²) in [6.45, 7) is 2.38. The Morgan fingerprint density at radius 3 is 1.52 bits per heavy atom. The minimum Gasteiger partial charge on any atom is -0.480 e. The van der Waals surface area contributed by atoms with E-state index in [2.05, 4.69) is 104 Å². The van der Waals surface area contributed by atoms with Gasteiger partial charge >= 0.3 is 19.8 Å². The molecule has 0 aliphatic heterocycles. The molecule has 330 valence electrons. The number of nitrogens with one attached hydrogen (secondary N) is 1. The largest absolute Gasteiger partial charge is 0.480 e. The molecular weight excluding hydrogens is 757 g/mol. The van der Waals surface area contributed by atoms with E-state index in [4.69, 9.17) is 13.8 Å². The second-order valence-corrected chi connectivity index (χ2v) is 15.6. The molecule has 0 aromatic heterocycles. The lowest BCUT2D eigenvalue weighted by Gasteiger charge is -2.18. The molecule has 0 heterocycles. The molecule has 0 aromatic carbocycles. The van der Waals surface area contributed by atoms with Crippen molar-refractivity contribution in [3.8, 4) is 0 Å². The molecule has 0 saturated heterocycles. The zero-order chi connectivity index (χ0) is 42.8. The molecule has 0 bridgehead atoms. The molecule has 0 rings (SSSR count). The molecule has 0 fully saturated rings. The smallest absolute Gasteiger partial charge is 0.472 e. The van der Waals surface area contributed by atoms with E-state index in [1.165, 1.54) is 25.7 Å². The average molecular weight is 834 g/mol. The van der Waals surface area contributed by atoms with Gasteiger partial charge < -0.3 is 25.2 Å². The number of aliphatic hydroxyl groups is 1. The van der Waals surface area contributed by atoms with Gasteiger partial charge in [-0.2, -0.15) is 0 Å². The molecule has 1 amide bonds. The van der Waals surface area contributed by atoms with Crippen molar-refractivity contribution >= 4 is 25.7 Å². The quantitative estimate of drug-likeness (QED) is 0.0202. The Bertz CT molecular complexity index is 1300. The highest BCUT2D eigenvalue weighted by Gasteiger charge is 2.28. The molecule has 3 unspecified atom stereocenters. The maximum atomic E-state index is 12.3. The zero-order valence-corrected chi connectivity index (χ0v) is 36.5. The third kappa shape index (κ3) is 39.5. The number of esters is 1. The van der Waals surface area contributed by atoms with E-state index in [0.29, 0.717) is 12.8 Å². The number of amides is 1. The van der Waals surface area contributed by atoms with Crippen LogP contribution < -0.4 is 5.32 Å². The van der Waals surface area contributed by atoms with Crippen LogP contribution in [0.15, 0.2) is 85.1 Å². The number of rotatable bonds is 39. The van der Waals surface area contributed by atoms with E-state index in [1.807, 2.05) is 0 Å². The van der Waals surface area contributed by atoms with Gasteiger partial charge in [0.2, 0.25) is 5.91 Å². The number of carboxylic acids is 1. The second-order valence-electron chi connectivity index (χ2n) is 14.1. The summed E-state index contributed by atoms with van der Waals surface area (Å²) in [6.07, 6.45) is 48.9. The normalized spacial score (nSPS) is 14.6. The molecule has 0 spiro atoms. The van der Waals surface area contributed by atoms with Gasteiger partial charge in [-0.05, 0) is 89.9 Å². The Hall–Kier alpha value is -3.34. The molecule has 3 atom stereocenters.